The highest BCUT2D eigenvalue weighted by Crippen LogP contribution is 2.22. The van der Waals surface area contributed by atoms with Crippen LogP contribution in [0.5, 0.6) is 0 Å². The van der Waals surface area contributed by atoms with Crippen LogP contribution < -0.4 is 5.32 Å². The number of aromatic nitrogens is 2. The molecule has 0 spiro atoms. The van der Waals surface area contributed by atoms with Gasteiger partial charge in [0.2, 0.25) is 0 Å². The highest BCUT2D eigenvalue weighted by atomic mass is 32.2. The lowest BCUT2D eigenvalue weighted by Gasteiger charge is -2.17. The van der Waals surface area contributed by atoms with E-state index in [4.69, 9.17) is 0 Å². The van der Waals surface area contributed by atoms with Crippen LogP contribution in [0.4, 0.5) is 5.82 Å². The highest BCUT2D eigenvalue weighted by molar-refractivity contribution is 8.00. The van der Waals surface area contributed by atoms with Crippen LogP contribution in [0.2, 0.25) is 0 Å². The first-order valence-electron chi connectivity index (χ1n) is 5.57. The molecule has 0 aliphatic carbocycles. The van der Waals surface area contributed by atoms with Crippen molar-refractivity contribution in [3.05, 3.63) is 17.6 Å². The van der Waals surface area contributed by atoms with Crippen LogP contribution in [0.25, 0.3) is 0 Å². The maximum absolute atomic E-state index is 4.34. The molecule has 1 heterocycles. The molecule has 0 radical (unpaired) electrons. The Labute approximate surface area is 102 Å². The van der Waals surface area contributed by atoms with Crippen molar-refractivity contribution in [2.75, 3.05) is 17.6 Å². The van der Waals surface area contributed by atoms with E-state index in [1.165, 1.54) is 0 Å². The van der Waals surface area contributed by atoms with Crippen molar-refractivity contribution in [3.8, 4) is 0 Å². The molecule has 90 valence electrons. The summed E-state index contributed by atoms with van der Waals surface area (Å²) in [5.41, 5.74) is 1.01. The molecule has 0 bridgehead atoms. The van der Waals surface area contributed by atoms with Crippen molar-refractivity contribution in [3.63, 3.8) is 0 Å². The van der Waals surface area contributed by atoms with Crippen molar-refractivity contribution < 1.29 is 0 Å². The number of aryl methyl sites for hydroxylation is 2. The van der Waals surface area contributed by atoms with Crippen LogP contribution in [0.15, 0.2) is 6.07 Å². The lowest BCUT2D eigenvalue weighted by atomic mass is 10.3. The molecule has 0 saturated carbocycles. The van der Waals surface area contributed by atoms with Gasteiger partial charge in [0.05, 0.1) is 0 Å². The zero-order valence-electron chi connectivity index (χ0n) is 10.8. The standard InChI is InChI=1S/C12H21N3S/c1-9-8-11(15-10(2)14-9)13-6-7-16-12(3,4)5/h8H,6-7H2,1-5H3,(H,13,14,15). The molecule has 0 aliphatic rings. The number of hydrogen-bond acceptors (Lipinski definition) is 4. The second kappa shape index (κ2) is 5.53. The minimum Gasteiger partial charge on any atom is -0.369 e. The summed E-state index contributed by atoms with van der Waals surface area (Å²) in [4.78, 5) is 8.58. The molecule has 4 heteroatoms. The summed E-state index contributed by atoms with van der Waals surface area (Å²) in [5.74, 6) is 2.84. The van der Waals surface area contributed by atoms with Gasteiger partial charge in [-0.15, -0.1) is 0 Å². The second-order valence-corrected chi connectivity index (χ2v) is 6.75. The van der Waals surface area contributed by atoms with Crippen molar-refractivity contribution >= 4 is 17.6 Å². The van der Waals surface area contributed by atoms with Gasteiger partial charge in [-0.05, 0) is 13.8 Å². The van der Waals surface area contributed by atoms with Crippen LogP contribution in [0, 0.1) is 13.8 Å². The van der Waals surface area contributed by atoms with E-state index in [0.717, 1.165) is 29.6 Å². The van der Waals surface area contributed by atoms with Crippen LogP contribution in [0.3, 0.4) is 0 Å². The number of anilines is 1. The van der Waals surface area contributed by atoms with Gasteiger partial charge >= 0.3 is 0 Å². The number of nitrogens with zero attached hydrogens (tertiary/aromatic N) is 2. The molecule has 0 saturated heterocycles. The third-order valence-electron chi connectivity index (χ3n) is 1.91. The van der Waals surface area contributed by atoms with E-state index in [-0.39, 0.29) is 0 Å². The number of hydrogen-bond donors (Lipinski definition) is 1. The maximum atomic E-state index is 4.34. The Hall–Kier alpha value is -0.770. The number of thioether (sulfide) groups is 1. The zero-order chi connectivity index (χ0) is 12.2. The minimum absolute atomic E-state index is 0.333. The third kappa shape index (κ3) is 5.35. The van der Waals surface area contributed by atoms with Crippen LogP contribution in [-0.4, -0.2) is 27.0 Å². The van der Waals surface area contributed by atoms with Crippen LogP contribution in [0.1, 0.15) is 32.3 Å². The Morgan fingerprint density at radius 2 is 1.94 bits per heavy atom. The lowest BCUT2D eigenvalue weighted by molar-refractivity contribution is 0.802. The fourth-order valence-electron chi connectivity index (χ4n) is 1.34. The molecular formula is C12H21N3S. The van der Waals surface area contributed by atoms with E-state index >= 15 is 0 Å². The topological polar surface area (TPSA) is 37.8 Å². The quantitative estimate of drug-likeness (QED) is 0.820. The minimum atomic E-state index is 0.333. The van der Waals surface area contributed by atoms with Crippen LogP contribution in [-0.2, 0) is 0 Å². The molecule has 0 unspecified atom stereocenters. The van der Waals surface area contributed by atoms with Gasteiger partial charge in [0.1, 0.15) is 11.6 Å². The first kappa shape index (κ1) is 13.3. The Kier molecular flexibility index (Phi) is 4.59. The molecule has 1 rings (SSSR count). The van der Waals surface area contributed by atoms with Crippen molar-refractivity contribution in [1.29, 1.82) is 0 Å². The molecule has 0 aliphatic heterocycles. The molecule has 16 heavy (non-hydrogen) atoms. The Balaban J connectivity index is 2.37. The van der Waals surface area contributed by atoms with Gasteiger partial charge in [-0.1, -0.05) is 20.8 Å². The molecule has 0 aromatic carbocycles. The van der Waals surface area contributed by atoms with E-state index in [1.807, 2.05) is 31.7 Å². The van der Waals surface area contributed by atoms with Crippen LogP contribution >= 0.6 is 11.8 Å². The average molecular weight is 239 g/mol. The van der Waals surface area contributed by atoms with Crippen molar-refractivity contribution in [2.45, 2.75) is 39.4 Å². The summed E-state index contributed by atoms with van der Waals surface area (Å²) in [6.07, 6.45) is 0. The van der Waals surface area contributed by atoms with E-state index in [0.29, 0.717) is 4.75 Å². The predicted octanol–water partition coefficient (Wildman–Crippen LogP) is 3.04. The molecule has 0 atom stereocenters. The molecule has 1 aromatic heterocycles. The SMILES string of the molecule is Cc1cc(NCCSC(C)(C)C)nc(C)n1. The maximum Gasteiger partial charge on any atom is 0.129 e. The van der Waals surface area contributed by atoms with E-state index in [1.54, 1.807) is 0 Å². The third-order valence-corrected chi connectivity index (χ3v) is 3.18. The predicted molar refractivity (Wildman–Crippen MR) is 72.2 cm³/mol. The fraction of sp³-hybridized carbons (Fsp3) is 0.667. The highest BCUT2D eigenvalue weighted by Gasteiger charge is 2.09. The number of nitrogens with one attached hydrogen (secondary N) is 1. The molecule has 3 nitrogen and oxygen atoms in total. The summed E-state index contributed by atoms with van der Waals surface area (Å²) in [6.45, 7) is 11.5. The van der Waals surface area contributed by atoms with E-state index in [9.17, 15) is 0 Å². The van der Waals surface area contributed by atoms with Gasteiger partial charge in [0, 0.05) is 28.8 Å². The monoisotopic (exact) mass is 239 g/mol. The first-order valence-corrected chi connectivity index (χ1v) is 6.55. The molecule has 0 fully saturated rings. The fourth-order valence-corrected chi connectivity index (χ4v) is 2.16. The smallest absolute Gasteiger partial charge is 0.129 e. The Morgan fingerprint density at radius 3 is 2.50 bits per heavy atom. The summed E-state index contributed by atoms with van der Waals surface area (Å²) in [6, 6.07) is 1.98. The van der Waals surface area contributed by atoms with Gasteiger partial charge in [0.25, 0.3) is 0 Å². The van der Waals surface area contributed by atoms with Gasteiger partial charge in [-0.3, -0.25) is 0 Å². The van der Waals surface area contributed by atoms with Gasteiger partial charge < -0.3 is 5.32 Å². The van der Waals surface area contributed by atoms with Crippen molar-refractivity contribution in [2.24, 2.45) is 0 Å². The molecule has 1 N–H and O–H groups in total. The van der Waals surface area contributed by atoms with Gasteiger partial charge in [-0.2, -0.15) is 11.8 Å². The Morgan fingerprint density at radius 1 is 1.25 bits per heavy atom. The van der Waals surface area contributed by atoms with Crippen molar-refractivity contribution in [1.82, 2.24) is 9.97 Å². The van der Waals surface area contributed by atoms with Gasteiger partial charge in [0.15, 0.2) is 0 Å². The normalized spacial score (nSPS) is 11.6. The van der Waals surface area contributed by atoms with E-state index < -0.39 is 0 Å². The summed E-state index contributed by atoms with van der Waals surface area (Å²) < 4.78 is 0.333. The summed E-state index contributed by atoms with van der Waals surface area (Å²) in [5, 5.41) is 3.33. The first-order chi connectivity index (χ1) is 7.37. The lowest BCUT2D eigenvalue weighted by Crippen LogP contribution is -2.13. The number of rotatable bonds is 4. The molecule has 1 aromatic rings. The van der Waals surface area contributed by atoms with Gasteiger partial charge in [-0.25, -0.2) is 9.97 Å². The molecule has 0 amide bonds. The summed E-state index contributed by atoms with van der Waals surface area (Å²) in [7, 11) is 0. The van der Waals surface area contributed by atoms with E-state index in [2.05, 4.69) is 36.1 Å². The zero-order valence-corrected chi connectivity index (χ0v) is 11.6. The second-order valence-electron chi connectivity index (χ2n) is 4.83. The summed E-state index contributed by atoms with van der Waals surface area (Å²) >= 11 is 1.96. The largest absolute Gasteiger partial charge is 0.369 e. The average Bonchev–Trinajstić information content (AvgIpc) is 2.09. The molecular weight excluding hydrogens is 218 g/mol. The Bertz CT molecular complexity index is 324.